The predicted octanol–water partition coefficient (Wildman–Crippen LogP) is 6.24. The van der Waals surface area contributed by atoms with Crippen LogP contribution in [0, 0.1) is 17.3 Å². The van der Waals surface area contributed by atoms with E-state index >= 15 is 0 Å². The lowest BCUT2D eigenvalue weighted by atomic mass is 9.55. The standard InChI is InChI=1S/C24H25ClO2S/c1-24-11-10-19-18-9-5-16(26)12-14(18)2-8-20(19)21(24)13-22(23(24)27)28-17-6-3-15(25)4-7-17/h3-7,9,12,19-22,26H,2,8,10-11,13H2,1H3. The van der Waals surface area contributed by atoms with Crippen molar-refractivity contribution >= 4 is 29.1 Å². The highest BCUT2D eigenvalue weighted by molar-refractivity contribution is 8.00. The van der Waals surface area contributed by atoms with Crippen molar-refractivity contribution in [3.05, 3.63) is 58.6 Å². The molecule has 1 N–H and O–H groups in total. The molecule has 5 unspecified atom stereocenters. The van der Waals surface area contributed by atoms with Gasteiger partial charge in [0.1, 0.15) is 5.75 Å². The van der Waals surface area contributed by atoms with Crippen LogP contribution in [0.4, 0.5) is 0 Å². The van der Waals surface area contributed by atoms with E-state index in [1.54, 1.807) is 11.8 Å². The number of ketones is 1. The summed E-state index contributed by atoms with van der Waals surface area (Å²) in [7, 11) is 0. The van der Waals surface area contributed by atoms with Gasteiger partial charge in [-0.05, 0) is 97.4 Å². The van der Waals surface area contributed by atoms with Gasteiger partial charge in [0.25, 0.3) is 0 Å². The molecule has 0 amide bonds. The molecular weight excluding hydrogens is 388 g/mol. The Kier molecular flexibility index (Phi) is 4.52. The Morgan fingerprint density at radius 1 is 1.14 bits per heavy atom. The molecule has 5 atom stereocenters. The van der Waals surface area contributed by atoms with Crippen LogP contribution in [0.5, 0.6) is 5.75 Å². The van der Waals surface area contributed by atoms with E-state index < -0.39 is 0 Å². The first-order valence-electron chi connectivity index (χ1n) is 10.2. The Balaban J connectivity index is 1.42. The van der Waals surface area contributed by atoms with Crippen molar-refractivity contribution in [3.63, 3.8) is 0 Å². The van der Waals surface area contributed by atoms with E-state index in [1.807, 2.05) is 36.4 Å². The molecule has 2 saturated carbocycles. The summed E-state index contributed by atoms with van der Waals surface area (Å²) in [5.74, 6) is 2.40. The molecule has 2 nitrogen and oxygen atoms in total. The van der Waals surface area contributed by atoms with Gasteiger partial charge in [-0.15, -0.1) is 11.8 Å². The Labute approximate surface area is 175 Å². The number of hydrogen-bond acceptors (Lipinski definition) is 3. The number of phenolic OH excluding ortho intramolecular Hbond substituents is 1. The third-order valence-electron chi connectivity index (χ3n) is 7.52. The van der Waals surface area contributed by atoms with E-state index in [2.05, 4.69) is 13.0 Å². The van der Waals surface area contributed by atoms with Gasteiger partial charge in [0, 0.05) is 15.3 Å². The average Bonchev–Trinajstić information content (AvgIpc) is 2.94. The number of carbonyl (C=O) groups excluding carboxylic acids is 1. The van der Waals surface area contributed by atoms with Crippen LogP contribution in [-0.4, -0.2) is 16.1 Å². The number of phenols is 1. The topological polar surface area (TPSA) is 37.3 Å². The Morgan fingerprint density at radius 3 is 2.71 bits per heavy atom. The molecule has 146 valence electrons. The first kappa shape index (κ1) is 18.6. The minimum absolute atomic E-state index is 0.0520. The number of fused-ring (bicyclic) bond motifs is 5. The molecule has 0 aliphatic heterocycles. The van der Waals surface area contributed by atoms with Crippen LogP contribution < -0.4 is 0 Å². The molecule has 0 spiro atoms. The number of carbonyl (C=O) groups is 1. The Morgan fingerprint density at radius 2 is 1.93 bits per heavy atom. The number of halogens is 1. The van der Waals surface area contributed by atoms with Crippen molar-refractivity contribution in [2.24, 2.45) is 17.3 Å². The fraction of sp³-hybridized carbons (Fsp3) is 0.458. The second-order valence-corrected chi connectivity index (χ2v) is 10.6. The zero-order chi connectivity index (χ0) is 19.5. The summed E-state index contributed by atoms with van der Waals surface area (Å²) in [6.45, 7) is 2.23. The van der Waals surface area contributed by atoms with Crippen LogP contribution in [0.25, 0.3) is 0 Å². The monoisotopic (exact) mass is 412 g/mol. The third kappa shape index (κ3) is 2.90. The normalized spacial score (nSPS) is 33.9. The summed E-state index contributed by atoms with van der Waals surface area (Å²) < 4.78 is 0. The van der Waals surface area contributed by atoms with Crippen molar-refractivity contribution in [1.29, 1.82) is 0 Å². The molecular formula is C24H25ClO2S. The second kappa shape index (κ2) is 6.81. The number of aryl methyl sites for hydroxylation is 1. The molecule has 4 heteroatoms. The maximum atomic E-state index is 13.4. The smallest absolute Gasteiger partial charge is 0.152 e. The van der Waals surface area contributed by atoms with Gasteiger partial charge < -0.3 is 5.11 Å². The van der Waals surface area contributed by atoms with Gasteiger partial charge >= 0.3 is 0 Å². The number of thioether (sulfide) groups is 1. The highest BCUT2D eigenvalue weighted by Crippen LogP contribution is 2.61. The Bertz CT molecular complexity index is 925. The maximum absolute atomic E-state index is 13.4. The van der Waals surface area contributed by atoms with Crippen molar-refractivity contribution in [1.82, 2.24) is 0 Å². The summed E-state index contributed by atoms with van der Waals surface area (Å²) >= 11 is 7.73. The van der Waals surface area contributed by atoms with Crippen molar-refractivity contribution < 1.29 is 9.90 Å². The highest BCUT2D eigenvalue weighted by atomic mass is 35.5. The van der Waals surface area contributed by atoms with Gasteiger partial charge in [0.05, 0.1) is 5.25 Å². The van der Waals surface area contributed by atoms with Crippen molar-refractivity contribution in [3.8, 4) is 5.75 Å². The van der Waals surface area contributed by atoms with E-state index in [4.69, 9.17) is 11.6 Å². The zero-order valence-electron chi connectivity index (χ0n) is 16.0. The van der Waals surface area contributed by atoms with Gasteiger partial charge in [-0.2, -0.15) is 0 Å². The van der Waals surface area contributed by atoms with Crippen molar-refractivity contribution in [2.75, 3.05) is 0 Å². The van der Waals surface area contributed by atoms with Crippen LogP contribution in [-0.2, 0) is 11.2 Å². The van der Waals surface area contributed by atoms with Crippen LogP contribution >= 0.6 is 23.4 Å². The predicted molar refractivity (Wildman–Crippen MR) is 114 cm³/mol. The van der Waals surface area contributed by atoms with Crippen LogP contribution in [0.3, 0.4) is 0 Å². The summed E-state index contributed by atoms with van der Waals surface area (Å²) in [4.78, 5) is 14.5. The average molecular weight is 413 g/mol. The fourth-order valence-electron chi connectivity index (χ4n) is 6.11. The molecule has 0 radical (unpaired) electrons. The molecule has 0 heterocycles. The van der Waals surface area contributed by atoms with Crippen LogP contribution in [0.1, 0.15) is 49.7 Å². The van der Waals surface area contributed by atoms with Gasteiger partial charge in [-0.25, -0.2) is 0 Å². The van der Waals surface area contributed by atoms with Gasteiger partial charge in [0.2, 0.25) is 0 Å². The van der Waals surface area contributed by atoms with Gasteiger partial charge in [-0.1, -0.05) is 24.6 Å². The summed E-state index contributed by atoms with van der Waals surface area (Å²) in [6.07, 6.45) is 5.19. The number of Topliss-reactive ketones (excluding diaryl/α,β-unsaturated/α-hetero) is 1. The maximum Gasteiger partial charge on any atom is 0.152 e. The lowest BCUT2D eigenvalue weighted by molar-refractivity contribution is -0.129. The lowest BCUT2D eigenvalue weighted by Gasteiger charge is -2.48. The zero-order valence-corrected chi connectivity index (χ0v) is 17.6. The molecule has 28 heavy (non-hydrogen) atoms. The molecule has 2 fully saturated rings. The number of rotatable bonds is 2. The second-order valence-electron chi connectivity index (χ2n) is 8.92. The van der Waals surface area contributed by atoms with E-state index in [9.17, 15) is 9.90 Å². The van der Waals surface area contributed by atoms with Crippen molar-refractivity contribution in [2.45, 2.75) is 55.1 Å². The van der Waals surface area contributed by atoms with Gasteiger partial charge in [-0.3, -0.25) is 4.79 Å². The quantitative estimate of drug-likeness (QED) is 0.634. The van der Waals surface area contributed by atoms with E-state index in [0.29, 0.717) is 29.3 Å². The molecule has 3 aliphatic carbocycles. The molecule has 2 aromatic rings. The number of hydrogen-bond donors (Lipinski definition) is 1. The summed E-state index contributed by atoms with van der Waals surface area (Å²) in [6, 6.07) is 13.8. The minimum Gasteiger partial charge on any atom is -0.508 e. The fourth-order valence-corrected chi connectivity index (χ4v) is 7.54. The number of aromatic hydroxyl groups is 1. The molecule has 2 aromatic carbocycles. The summed E-state index contributed by atoms with van der Waals surface area (Å²) in [5, 5.41) is 10.6. The molecule has 0 bridgehead atoms. The highest BCUT2D eigenvalue weighted by Gasteiger charge is 2.58. The molecule has 3 aliphatic rings. The molecule has 0 aromatic heterocycles. The first-order valence-corrected chi connectivity index (χ1v) is 11.5. The SMILES string of the molecule is CC12CCC3c4ccc(O)cc4CCC3C1CC(Sc1ccc(Cl)cc1)C2=O. The van der Waals surface area contributed by atoms with E-state index in [-0.39, 0.29) is 10.7 Å². The first-order chi connectivity index (χ1) is 13.5. The minimum atomic E-state index is -0.181. The molecule has 5 rings (SSSR count). The summed E-state index contributed by atoms with van der Waals surface area (Å²) in [5.41, 5.74) is 2.54. The third-order valence-corrected chi connectivity index (χ3v) is 9.00. The van der Waals surface area contributed by atoms with Crippen LogP contribution in [0.2, 0.25) is 5.02 Å². The van der Waals surface area contributed by atoms with Gasteiger partial charge in [0.15, 0.2) is 5.78 Å². The number of benzene rings is 2. The van der Waals surface area contributed by atoms with E-state index in [0.717, 1.165) is 42.0 Å². The molecule has 0 saturated heterocycles. The largest absolute Gasteiger partial charge is 0.508 e. The van der Waals surface area contributed by atoms with Crippen LogP contribution in [0.15, 0.2) is 47.4 Å². The van der Waals surface area contributed by atoms with E-state index in [1.165, 1.54) is 11.1 Å². The Hall–Kier alpha value is -1.45. The lowest BCUT2D eigenvalue weighted by Crippen LogP contribution is -2.42.